The summed E-state index contributed by atoms with van der Waals surface area (Å²) in [4.78, 5) is 4.00. The molecule has 1 unspecified atom stereocenters. The molecule has 0 aliphatic heterocycles. The Bertz CT molecular complexity index is 255. The van der Waals surface area contributed by atoms with E-state index < -0.39 is 8.07 Å². The lowest BCUT2D eigenvalue weighted by Crippen LogP contribution is -2.32. The van der Waals surface area contributed by atoms with Crippen LogP contribution < -0.4 is 0 Å². The second kappa shape index (κ2) is 4.02. The van der Waals surface area contributed by atoms with Crippen molar-refractivity contribution >= 4 is 8.07 Å². The van der Waals surface area contributed by atoms with Crippen molar-refractivity contribution in [3.8, 4) is 0 Å². The van der Waals surface area contributed by atoms with Crippen molar-refractivity contribution in [2.75, 3.05) is 7.11 Å². The fraction of sp³-hybridized carbons (Fsp3) is 0.500. The second-order valence-corrected chi connectivity index (χ2v) is 9.52. The van der Waals surface area contributed by atoms with Crippen LogP contribution >= 0.6 is 0 Å². The van der Waals surface area contributed by atoms with Gasteiger partial charge in [-0.25, -0.2) is 0 Å². The van der Waals surface area contributed by atoms with Gasteiger partial charge in [0.2, 0.25) is 0 Å². The Balaban J connectivity index is 2.92. The average molecular weight is 195 g/mol. The highest BCUT2D eigenvalue weighted by molar-refractivity contribution is 6.77. The molecule has 0 fully saturated rings. The molecule has 0 spiro atoms. The summed E-state index contributed by atoms with van der Waals surface area (Å²) in [6.07, 6.45) is 3.64. The molecule has 0 bridgehead atoms. The third-order valence-electron chi connectivity index (χ3n) is 2.03. The summed E-state index contributed by atoms with van der Waals surface area (Å²) in [6, 6.07) is 4.07. The number of pyridine rings is 1. The molecule has 0 amide bonds. The van der Waals surface area contributed by atoms with Crippen molar-refractivity contribution in [3.63, 3.8) is 0 Å². The molecular formula is C10H17NOSi. The van der Waals surface area contributed by atoms with Crippen LogP contribution in [0.25, 0.3) is 0 Å². The highest BCUT2D eigenvalue weighted by Crippen LogP contribution is 2.26. The minimum absolute atomic E-state index is 0.274. The van der Waals surface area contributed by atoms with Crippen molar-refractivity contribution in [3.05, 3.63) is 30.1 Å². The van der Waals surface area contributed by atoms with Crippen molar-refractivity contribution < 1.29 is 4.74 Å². The third kappa shape index (κ3) is 2.64. The van der Waals surface area contributed by atoms with E-state index >= 15 is 0 Å². The maximum atomic E-state index is 5.53. The first-order chi connectivity index (χ1) is 6.05. The first-order valence-electron chi connectivity index (χ1n) is 4.48. The van der Waals surface area contributed by atoms with Crippen LogP contribution in [0.4, 0.5) is 0 Å². The van der Waals surface area contributed by atoms with E-state index in [0.717, 1.165) is 0 Å². The average Bonchev–Trinajstić information content (AvgIpc) is 2.05. The summed E-state index contributed by atoms with van der Waals surface area (Å²) in [5.74, 6) is 0. The van der Waals surface area contributed by atoms with Gasteiger partial charge in [0.25, 0.3) is 0 Å². The minimum atomic E-state index is -1.28. The summed E-state index contributed by atoms with van der Waals surface area (Å²) in [7, 11) is 0.504. The molecule has 1 aromatic rings. The van der Waals surface area contributed by atoms with E-state index in [4.69, 9.17) is 4.74 Å². The molecule has 1 atom stereocenters. The predicted molar refractivity (Wildman–Crippen MR) is 57.3 cm³/mol. The summed E-state index contributed by atoms with van der Waals surface area (Å²) >= 11 is 0. The molecule has 0 radical (unpaired) electrons. The second-order valence-electron chi connectivity index (χ2n) is 4.26. The molecule has 0 aliphatic rings. The molecule has 1 aromatic heterocycles. The van der Waals surface area contributed by atoms with E-state index in [9.17, 15) is 0 Å². The third-order valence-corrected chi connectivity index (χ3v) is 4.17. The number of rotatable bonds is 3. The molecule has 2 nitrogen and oxygen atoms in total. The highest BCUT2D eigenvalue weighted by atomic mass is 28.3. The normalized spacial score (nSPS) is 14.2. The van der Waals surface area contributed by atoms with Crippen molar-refractivity contribution in [2.45, 2.75) is 25.4 Å². The van der Waals surface area contributed by atoms with Crippen molar-refractivity contribution in [1.29, 1.82) is 0 Å². The van der Waals surface area contributed by atoms with Gasteiger partial charge in [-0.3, -0.25) is 4.98 Å². The Morgan fingerprint density at radius 1 is 1.23 bits per heavy atom. The van der Waals surface area contributed by atoms with Crippen molar-refractivity contribution in [1.82, 2.24) is 4.98 Å². The van der Waals surface area contributed by atoms with Crippen LogP contribution in [0.15, 0.2) is 24.5 Å². The van der Waals surface area contributed by atoms with Gasteiger partial charge >= 0.3 is 0 Å². The molecule has 0 aromatic carbocycles. The first-order valence-corrected chi connectivity index (χ1v) is 8.06. The number of ether oxygens (including phenoxy) is 1. The van der Waals surface area contributed by atoms with Gasteiger partial charge < -0.3 is 4.74 Å². The fourth-order valence-electron chi connectivity index (χ4n) is 1.53. The zero-order valence-electron chi connectivity index (χ0n) is 8.74. The van der Waals surface area contributed by atoms with Gasteiger partial charge in [0.1, 0.15) is 0 Å². The maximum Gasteiger partial charge on any atom is 0.0842 e. The van der Waals surface area contributed by atoms with Crippen LogP contribution in [0.1, 0.15) is 11.3 Å². The molecule has 72 valence electrons. The lowest BCUT2D eigenvalue weighted by atomic mass is 10.3. The zero-order valence-corrected chi connectivity index (χ0v) is 9.74. The molecule has 0 N–H and O–H groups in total. The molecule has 13 heavy (non-hydrogen) atoms. The van der Waals surface area contributed by atoms with Crippen LogP contribution in [0.2, 0.25) is 19.6 Å². The van der Waals surface area contributed by atoms with E-state index in [1.165, 1.54) is 5.56 Å². The Morgan fingerprint density at radius 3 is 2.15 bits per heavy atom. The maximum absolute atomic E-state index is 5.53. The summed E-state index contributed by atoms with van der Waals surface area (Å²) < 4.78 is 5.53. The molecular weight excluding hydrogens is 178 g/mol. The van der Waals surface area contributed by atoms with E-state index in [2.05, 4.69) is 24.6 Å². The van der Waals surface area contributed by atoms with Crippen LogP contribution in [0, 0.1) is 0 Å². The quantitative estimate of drug-likeness (QED) is 0.692. The molecule has 3 heteroatoms. The van der Waals surface area contributed by atoms with E-state index in [0.29, 0.717) is 0 Å². The summed E-state index contributed by atoms with van der Waals surface area (Å²) in [5.41, 5.74) is 1.52. The van der Waals surface area contributed by atoms with Crippen LogP contribution in [-0.2, 0) is 4.74 Å². The van der Waals surface area contributed by atoms with Gasteiger partial charge in [-0.05, 0) is 17.7 Å². The summed E-state index contributed by atoms with van der Waals surface area (Å²) in [6.45, 7) is 6.92. The smallest absolute Gasteiger partial charge is 0.0842 e. The number of hydrogen-bond donors (Lipinski definition) is 0. The molecule has 0 saturated carbocycles. The van der Waals surface area contributed by atoms with Crippen LogP contribution in [0.5, 0.6) is 0 Å². The van der Waals surface area contributed by atoms with Gasteiger partial charge in [0.15, 0.2) is 0 Å². The molecule has 1 rings (SSSR count). The number of methoxy groups -OCH3 is 1. The Morgan fingerprint density at radius 2 is 1.77 bits per heavy atom. The Hall–Kier alpha value is -0.673. The van der Waals surface area contributed by atoms with Gasteiger partial charge in [-0.1, -0.05) is 19.6 Å². The number of hydrogen-bond acceptors (Lipinski definition) is 2. The van der Waals surface area contributed by atoms with Crippen LogP contribution in [0.3, 0.4) is 0 Å². The van der Waals surface area contributed by atoms with Crippen LogP contribution in [-0.4, -0.2) is 20.2 Å². The monoisotopic (exact) mass is 195 g/mol. The van der Waals surface area contributed by atoms with Gasteiger partial charge in [0.05, 0.1) is 13.8 Å². The standard InChI is InChI=1S/C10H17NOSi/c1-12-10(13(2,3)4)9-5-7-11-8-6-9/h5-8,10H,1-4H3. The Labute approximate surface area is 81.0 Å². The zero-order chi connectivity index (χ0) is 9.90. The van der Waals surface area contributed by atoms with Gasteiger partial charge in [0, 0.05) is 19.5 Å². The molecule has 1 heterocycles. The SMILES string of the molecule is COC(c1ccncc1)[Si](C)(C)C. The minimum Gasteiger partial charge on any atom is -0.380 e. The molecule has 0 aliphatic carbocycles. The largest absolute Gasteiger partial charge is 0.380 e. The fourth-order valence-corrected chi connectivity index (χ4v) is 3.43. The van der Waals surface area contributed by atoms with E-state index in [-0.39, 0.29) is 5.73 Å². The van der Waals surface area contributed by atoms with Crippen molar-refractivity contribution in [2.24, 2.45) is 0 Å². The van der Waals surface area contributed by atoms with E-state index in [1.54, 1.807) is 7.11 Å². The predicted octanol–water partition coefficient (Wildman–Crippen LogP) is 2.65. The lowest BCUT2D eigenvalue weighted by molar-refractivity contribution is 0.160. The molecule has 0 saturated heterocycles. The van der Waals surface area contributed by atoms with Gasteiger partial charge in [-0.15, -0.1) is 0 Å². The summed E-state index contributed by atoms with van der Waals surface area (Å²) in [5, 5.41) is 0. The number of aromatic nitrogens is 1. The topological polar surface area (TPSA) is 22.1 Å². The van der Waals surface area contributed by atoms with E-state index in [1.807, 2.05) is 24.5 Å². The number of nitrogens with zero attached hydrogens (tertiary/aromatic N) is 1. The Kier molecular flexibility index (Phi) is 3.22. The van der Waals surface area contributed by atoms with Gasteiger partial charge in [-0.2, -0.15) is 0 Å². The first kappa shape index (κ1) is 10.4. The lowest BCUT2D eigenvalue weighted by Gasteiger charge is -2.27. The highest BCUT2D eigenvalue weighted by Gasteiger charge is 2.27.